The summed E-state index contributed by atoms with van der Waals surface area (Å²) in [5.74, 6) is -0.378. The molecular formula is C22H21ClN4O3. The lowest BCUT2D eigenvalue weighted by molar-refractivity contribution is 0.0743. The number of piperazine rings is 1. The smallest absolute Gasteiger partial charge is 0.328 e. The van der Waals surface area contributed by atoms with Gasteiger partial charge in [-0.05, 0) is 23.8 Å². The summed E-state index contributed by atoms with van der Waals surface area (Å²) in [7, 11) is 0. The standard InChI is InChI=1S/C22H21ClN4O3/c23-19-9-5-4-6-16(19)15-27-21(29)18(14-24-22(27)30)20(28)26-12-10-25(11-13-26)17-7-2-1-3-8-17/h1-9,14H,10-13,15H2,(H,24,30). The number of benzene rings is 2. The van der Waals surface area contributed by atoms with Gasteiger partial charge in [-0.25, -0.2) is 4.79 Å². The normalized spacial score (nSPS) is 14.0. The van der Waals surface area contributed by atoms with Crippen molar-refractivity contribution in [2.45, 2.75) is 6.54 Å². The fraction of sp³-hybridized carbons (Fsp3) is 0.227. The van der Waals surface area contributed by atoms with Crippen molar-refractivity contribution in [2.75, 3.05) is 31.1 Å². The minimum atomic E-state index is -0.617. The minimum Gasteiger partial charge on any atom is -0.368 e. The monoisotopic (exact) mass is 424 g/mol. The van der Waals surface area contributed by atoms with Crippen LogP contribution in [0.1, 0.15) is 15.9 Å². The molecule has 0 atom stereocenters. The predicted octanol–water partition coefficient (Wildman–Crippen LogP) is 2.20. The van der Waals surface area contributed by atoms with Gasteiger partial charge in [0.15, 0.2) is 0 Å². The highest BCUT2D eigenvalue weighted by Gasteiger charge is 2.25. The number of carbonyl (C=O) groups excluding carboxylic acids is 1. The van der Waals surface area contributed by atoms with E-state index in [-0.39, 0.29) is 18.0 Å². The molecule has 4 rings (SSSR count). The van der Waals surface area contributed by atoms with Gasteiger partial charge in [-0.2, -0.15) is 0 Å². The number of amides is 1. The van der Waals surface area contributed by atoms with Gasteiger partial charge in [0.1, 0.15) is 5.56 Å². The van der Waals surface area contributed by atoms with Gasteiger partial charge in [-0.1, -0.05) is 48.0 Å². The Morgan fingerprint density at radius 1 is 0.933 bits per heavy atom. The van der Waals surface area contributed by atoms with Crippen molar-refractivity contribution in [3.8, 4) is 0 Å². The molecule has 0 spiro atoms. The van der Waals surface area contributed by atoms with Crippen LogP contribution in [0.3, 0.4) is 0 Å². The molecule has 1 amide bonds. The Hall–Kier alpha value is -3.32. The summed E-state index contributed by atoms with van der Waals surface area (Å²) < 4.78 is 1.01. The Bertz CT molecular complexity index is 1160. The van der Waals surface area contributed by atoms with Crippen molar-refractivity contribution >= 4 is 23.2 Å². The van der Waals surface area contributed by atoms with E-state index in [4.69, 9.17) is 11.6 Å². The molecule has 0 bridgehead atoms. The Labute approximate surface area is 178 Å². The molecule has 0 radical (unpaired) electrons. The first-order valence-corrected chi connectivity index (χ1v) is 10.1. The Balaban J connectivity index is 1.53. The molecule has 0 unspecified atom stereocenters. The van der Waals surface area contributed by atoms with Crippen LogP contribution in [0.2, 0.25) is 5.02 Å². The molecule has 2 heterocycles. The average molecular weight is 425 g/mol. The molecule has 7 nitrogen and oxygen atoms in total. The molecule has 1 fully saturated rings. The van der Waals surface area contributed by atoms with Crippen molar-refractivity contribution in [1.29, 1.82) is 0 Å². The summed E-state index contributed by atoms with van der Waals surface area (Å²) >= 11 is 6.16. The maximum absolute atomic E-state index is 13.0. The molecule has 1 aromatic heterocycles. The number of anilines is 1. The zero-order chi connectivity index (χ0) is 21.1. The summed E-state index contributed by atoms with van der Waals surface area (Å²) in [5, 5.41) is 0.456. The second-order valence-corrected chi connectivity index (χ2v) is 7.51. The third-order valence-electron chi connectivity index (χ3n) is 5.27. The zero-order valence-electron chi connectivity index (χ0n) is 16.3. The number of para-hydroxylation sites is 1. The number of aromatic amines is 1. The maximum atomic E-state index is 13.0. The lowest BCUT2D eigenvalue weighted by Gasteiger charge is -2.36. The maximum Gasteiger partial charge on any atom is 0.328 e. The molecule has 1 aliphatic rings. The molecule has 30 heavy (non-hydrogen) atoms. The van der Waals surface area contributed by atoms with Crippen molar-refractivity contribution in [1.82, 2.24) is 14.5 Å². The van der Waals surface area contributed by atoms with Gasteiger partial charge in [-0.15, -0.1) is 0 Å². The molecule has 1 N–H and O–H groups in total. The lowest BCUT2D eigenvalue weighted by Crippen LogP contribution is -2.50. The van der Waals surface area contributed by atoms with Crippen LogP contribution in [0.4, 0.5) is 5.69 Å². The Kier molecular flexibility index (Phi) is 5.72. The van der Waals surface area contributed by atoms with Crippen molar-refractivity contribution in [3.05, 3.63) is 97.8 Å². The van der Waals surface area contributed by atoms with Crippen LogP contribution < -0.4 is 16.1 Å². The van der Waals surface area contributed by atoms with Gasteiger partial charge in [0.2, 0.25) is 0 Å². The Morgan fingerprint density at radius 2 is 1.60 bits per heavy atom. The van der Waals surface area contributed by atoms with Crippen LogP contribution in [0.5, 0.6) is 0 Å². The summed E-state index contributed by atoms with van der Waals surface area (Å²) in [4.78, 5) is 44.5. The minimum absolute atomic E-state index is 0.00323. The first-order chi connectivity index (χ1) is 14.5. The van der Waals surface area contributed by atoms with E-state index in [9.17, 15) is 14.4 Å². The number of hydrogen-bond acceptors (Lipinski definition) is 4. The van der Waals surface area contributed by atoms with Gasteiger partial charge >= 0.3 is 5.69 Å². The molecule has 2 aromatic carbocycles. The number of H-pyrrole nitrogens is 1. The second kappa shape index (κ2) is 8.59. The van der Waals surface area contributed by atoms with Crippen molar-refractivity contribution in [3.63, 3.8) is 0 Å². The number of nitrogens with one attached hydrogen (secondary N) is 1. The first-order valence-electron chi connectivity index (χ1n) is 9.70. The van der Waals surface area contributed by atoms with Crippen LogP contribution in [0.25, 0.3) is 0 Å². The fourth-order valence-corrected chi connectivity index (χ4v) is 3.78. The van der Waals surface area contributed by atoms with Gasteiger partial charge in [0.25, 0.3) is 11.5 Å². The zero-order valence-corrected chi connectivity index (χ0v) is 17.0. The highest BCUT2D eigenvalue weighted by Crippen LogP contribution is 2.17. The predicted molar refractivity (Wildman–Crippen MR) is 116 cm³/mol. The highest BCUT2D eigenvalue weighted by atomic mass is 35.5. The SMILES string of the molecule is O=C(c1c[nH]c(=O)n(Cc2ccccc2Cl)c1=O)N1CCN(c2ccccc2)CC1. The first kappa shape index (κ1) is 20.0. The molecule has 8 heteroatoms. The van der Waals surface area contributed by atoms with Gasteiger partial charge in [0.05, 0.1) is 6.54 Å². The van der Waals surface area contributed by atoms with Crippen LogP contribution in [-0.2, 0) is 6.54 Å². The van der Waals surface area contributed by atoms with Crippen LogP contribution >= 0.6 is 11.6 Å². The number of hydrogen-bond donors (Lipinski definition) is 1. The number of rotatable bonds is 4. The molecule has 0 saturated carbocycles. The summed E-state index contributed by atoms with van der Waals surface area (Å²) in [6.45, 7) is 2.34. The van der Waals surface area contributed by atoms with E-state index in [1.807, 2.05) is 30.3 Å². The van der Waals surface area contributed by atoms with E-state index in [1.165, 1.54) is 6.20 Å². The summed E-state index contributed by atoms with van der Waals surface area (Å²) in [5.41, 5.74) is 0.498. The second-order valence-electron chi connectivity index (χ2n) is 7.11. The fourth-order valence-electron chi connectivity index (χ4n) is 3.58. The van der Waals surface area contributed by atoms with E-state index >= 15 is 0 Å². The van der Waals surface area contributed by atoms with E-state index in [0.717, 1.165) is 10.3 Å². The Morgan fingerprint density at radius 3 is 2.30 bits per heavy atom. The van der Waals surface area contributed by atoms with Gasteiger partial charge in [-0.3, -0.25) is 14.2 Å². The molecule has 154 valence electrons. The largest absolute Gasteiger partial charge is 0.368 e. The molecule has 0 aliphatic carbocycles. The number of carbonyl (C=O) groups is 1. The molecular weight excluding hydrogens is 404 g/mol. The van der Waals surface area contributed by atoms with Crippen molar-refractivity contribution < 1.29 is 4.79 Å². The lowest BCUT2D eigenvalue weighted by atomic mass is 10.2. The quantitative estimate of drug-likeness (QED) is 0.696. The van der Waals surface area contributed by atoms with E-state index in [0.29, 0.717) is 36.8 Å². The topological polar surface area (TPSA) is 78.4 Å². The molecule has 3 aromatic rings. The number of nitrogens with zero attached hydrogens (tertiary/aromatic N) is 3. The van der Waals surface area contributed by atoms with Crippen molar-refractivity contribution in [2.24, 2.45) is 0 Å². The van der Waals surface area contributed by atoms with E-state index in [2.05, 4.69) is 9.88 Å². The van der Waals surface area contributed by atoms with E-state index < -0.39 is 11.2 Å². The van der Waals surface area contributed by atoms with Gasteiger partial charge in [0, 0.05) is 43.1 Å². The number of aromatic nitrogens is 2. The number of halogens is 1. The van der Waals surface area contributed by atoms with Crippen LogP contribution in [-0.4, -0.2) is 46.5 Å². The average Bonchev–Trinajstić information content (AvgIpc) is 2.78. The van der Waals surface area contributed by atoms with Gasteiger partial charge < -0.3 is 14.8 Å². The van der Waals surface area contributed by atoms with Crippen LogP contribution in [0.15, 0.2) is 70.4 Å². The summed E-state index contributed by atoms with van der Waals surface area (Å²) in [6.07, 6.45) is 1.21. The molecule has 1 aliphatic heterocycles. The third kappa shape index (κ3) is 4.02. The van der Waals surface area contributed by atoms with Crippen LogP contribution in [0, 0.1) is 0 Å². The van der Waals surface area contributed by atoms with E-state index in [1.54, 1.807) is 29.2 Å². The summed E-state index contributed by atoms with van der Waals surface area (Å²) in [6, 6.07) is 17.0. The highest BCUT2D eigenvalue weighted by molar-refractivity contribution is 6.31. The molecule has 1 saturated heterocycles. The third-order valence-corrected chi connectivity index (χ3v) is 5.63.